The summed E-state index contributed by atoms with van der Waals surface area (Å²) in [5.41, 5.74) is 0. The van der Waals surface area contributed by atoms with E-state index in [9.17, 15) is 13.2 Å². The van der Waals surface area contributed by atoms with Gasteiger partial charge in [-0.25, -0.2) is 0 Å². The van der Waals surface area contributed by atoms with E-state index in [0.29, 0.717) is 0 Å². The molecule has 14 heavy (non-hydrogen) atoms. The number of fused-ring (bicyclic) bond motifs is 1. The Balaban J connectivity index is 1.85. The van der Waals surface area contributed by atoms with Crippen LogP contribution in [0.25, 0.3) is 0 Å². The predicted octanol–water partition coefficient (Wildman–Crippen LogP) is 1.89. The maximum absolute atomic E-state index is 11.8. The number of alkyl halides is 3. The lowest BCUT2D eigenvalue weighted by molar-refractivity contribution is -0.182. The van der Waals surface area contributed by atoms with Gasteiger partial charge in [-0.2, -0.15) is 18.4 Å². The van der Waals surface area contributed by atoms with Crippen LogP contribution in [0, 0.1) is 29.1 Å². The van der Waals surface area contributed by atoms with E-state index in [4.69, 9.17) is 10.00 Å². The van der Waals surface area contributed by atoms with Gasteiger partial charge in [0.25, 0.3) is 0 Å². The monoisotopic (exact) mass is 203 g/mol. The molecule has 0 spiro atoms. The SMILES string of the molecule is N#C[C@H]1[C@@H]2C=C[C@H](OCC(F)(F)F)[C@H]12. The topological polar surface area (TPSA) is 33.0 Å². The molecule has 76 valence electrons. The lowest BCUT2D eigenvalue weighted by Gasteiger charge is -2.13. The second-order valence-corrected chi connectivity index (χ2v) is 3.59. The first kappa shape index (κ1) is 9.53. The molecule has 0 radical (unpaired) electrons. The predicted molar refractivity (Wildman–Crippen MR) is 41.0 cm³/mol. The zero-order valence-corrected chi connectivity index (χ0v) is 7.16. The number of nitrogens with zero attached hydrogens (tertiary/aromatic N) is 1. The molecule has 0 bridgehead atoms. The van der Waals surface area contributed by atoms with Crippen LogP contribution in [-0.4, -0.2) is 18.9 Å². The summed E-state index contributed by atoms with van der Waals surface area (Å²) >= 11 is 0. The van der Waals surface area contributed by atoms with Crippen LogP contribution in [0.4, 0.5) is 13.2 Å². The number of rotatable bonds is 2. The highest BCUT2D eigenvalue weighted by atomic mass is 19.4. The van der Waals surface area contributed by atoms with Gasteiger partial charge >= 0.3 is 6.18 Å². The molecule has 0 heterocycles. The van der Waals surface area contributed by atoms with Crippen LogP contribution in [0.15, 0.2) is 12.2 Å². The molecule has 0 aromatic heterocycles. The van der Waals surface area contributed by atoms with Crippen molar-refractivity contribution in [1.29, 1.82) is 5.26 Å². The Kier molecular flexibility index (Phi) is 2.04. The summed E-state index contributed by atoms with van der Waals surface area (Å²) in [7, 11) is 0. The van der Waals surface area contributed by atoms with Gasteiger partial charge in [0, 0.05) is 5.92 Å². The molecule has 5 heteroatoms. The second kappa shape index (κ2) is 2.99. The number of allylic oxidation sites excluding steroid dienone is 1. The highest BCUT2D eigenvalue weighted by molar-refractivity contribution is 5.27. The molecular formula is C9H8F3NO. The first-order valence-corrected chi connectivity index (χ1v) is 4.29. The Morgan fingerprint density at radius 2 is 2.07 bits per heavy atom. The lowest BCUT2D eigenvalue weighted by Crippen LogP contribution is -2.23. The van der Waals surface area contributed by atoms with Gasteiger partial charge in [0.05, 0.1) is 18.1 Å². The number of hydrogen-bond donors (Lipinski definition) is 0. The standard InChI is InChI=1S/C9H8F3NO/c10-9(11,12)4-14-7-2-1-5-6(3-13)8(5)7/h1-2,5-8H,4H2/t5-,6-,7-,8-/m0/s1. The summed E-state index contributed by atoms with van der Waals surface area (Å²) in [5.74, 6) is -0.0567. The Labute approximate surface area is 79.0 Å². The van der Waals surface area contributed by atoms with Crippen LogP contribution in [0.3, 0.4) is 0 Å². The molecule has 0 N–H and O–H groups in total. The minimum Gasteiger partial charge on any atom is -0.364 e. The van der Waals surface area contributed by atoms with Gasteiger partial charge in [-0.1, -0.05) is 12.2 Å². The first-order chi connectivity index (χ1) is 6.53. The highest BCUT2D eigenvalue weighted by Gasteiger charge is 2.56. The Bertz CT molecular complexity index is 304. The van der Waals surface area contributed by atoms with Crippen LogP contribution < -0.4 is 0 Å². The molecule has 1 fully saturated rings. The second-order valence-electron chi connectivity index (χ2n) is 3.59. The quantitative estimate of drug-likeness (QED) is 0.642. The average Bonchev–Trinajstić information content (AvgIpc) is 2.63. The molecule has 4 atom stereocenters. The van der Waals surface area contributed by atoms with Crippen molar-refractivity contribution >= 4 is 0 Å². The minimum atomic E-state index is -4.29. The van der Waals surface area contributed by atoms with Gasteiger partial charge < -0.3 is 4.74 Å². The van der Waals surface area contributed by atoms with Gasteiger partial charge in [-0.3, -0.25) is 0 Å². The van der Waals surface area contributed by atoms with E-state index in [2.05, 4.69) is 6.07 Å². The van der Waals surface area contributed by atoms with Crippen molar-refractivity contribution < 1.29 is 17.9 Å². The Hall–Kier alpha value is -1.02. The number of halogens is 3. The molecule has 0 saturated heterocycles. The maximum atomic E-state index is 11.8. The number of nitriles is 1. The molecule has 2 rings (SSSR count). The third-order valence-electron chi connectivity index (χ3n) is 2.62. The fourth-order valence-electron chi connectivity index (χ4n) is 1.93. The molecule has 0 amide bonds. The van der Waals surface area contributed by atoms with Crippen molar-refractivity contribution in [3.63, 3.8) is 0 Å². The van der Waals surface area contributed by atoms with Crippen LogP contribution in [0.5, 0.6) is 0 Å². The van der Waals surface area contributed by atoms with Crippen LogP contribution in [0.2, 0.25) is 0 Å². The molecule has 1 saturated carbocycles. The van der Waals surface area contributed by atoms with Crippen LogP contribution in [-0.2, 0) is 4.74 Å². The number of ether oxygens (including phenoxy) is 1. The number of hydrogen-bond acceptors (Lipinski definition) is 2. The van der Waals surface area contributed by atoms with Crippen molar-refractivity contribution in [3.8, 4) is 6.07 Å². The molecule has 2 aliphatic rings. The summed E-state index contributed by atoms with van der Waals surface area (Å²) in [5, 5.41) is 8.60. The molecule has 0 aromatic rings. The highest BCUT2D eigenvalue weighted by Crippen LogP contribution is 2.54. The zero-order chi connectivity index (χ0) is 10.3. The van der Waals surface area contributed by atoms with Gasteiger partial charge in [0.2, 0.25) is 0 Å². The smallest absolute Gasteiger partial charge is 0.364 e. The van der Waals surface area contributed by atoms with Crippen molar-refractivity contribution in [2.75, 3.05) is 6.61 Å². The van der Waals surface area contributed by atoms with E-state index >= 15 is 0 Å². The van der Waals surface area contributed by atoms with Crippen molar-refractivity contribution in [2.24, 2.45) is 17.8 Å². The lowest BCUT2D eigenvalue weighted by atomic mass is 10.2. The summed E-state index contributed by atoms with van der Waals surface area (Å²) < 4.78 is 40.1. The average molecular weight is 203 g/mol. The summed E-state index contributed by atoms with van der Waals surface area (Å²) in [6, 6.07) is 2.06. The van der Waals surface area contributed by atoms with Gasteiger partial charge in [0.15, 0.2) is 0 Å². The Morgan fingerprint density at radius 3 is 2.57 bits per heavy atom. The fraction of sp³-hybridized carbons (Fsp3) is 0.667. The van der Waals surface area contributed by atoms with E-state index in [1.54, 1.807) is 12.2 Å². The molecule has 2 aliphatic carbocycles. The fourth-order valence-corrected chi connectivity index (χ4v) is 1.93. The van der Waals surface area contributed by atoms with Gasteiger partial charge in [0.1, 0.15) is 6.61 Å². The summed E-state index contributed by atoms with van der Waals surface area (Å²) in [6.45, 7) is -1.23. The van der Waals surface area contributed by atoms with E-state index in [-0.39, 0.29) is 17.8 Å². The summed E-state index contributed by atoms with van der Waals surface area (Å²) in [6.07, 6.45) is -1.41. The Morgan fingerprint density at radius 1 is 1.36 bits per heavy atom. The summed E-state index contributed by atoms with van der Waals surface area (Å²) in [4.78, 5) is 0. The zero-order valence-electron chi connectivity index (χ0n) is 7.16. The molecule has 0 unspecified atom stereocenters. The third-order valence-corrected chi connectivity index (χ3v) is 2.62. The molecule has 0 aliphatic heterocycles. The van der Waals surface area contributed by atoms with Crippen molar-refractivity contribution in [3.05, 3.63) is 12.2 Å². The first-order valence-electron chi connectivity index (χ1n) is 4.29. The van der Waals surface area contributed by atoms with E-state index < -0.39 is 18.9 Å². The molecular weight excluding hydrogens is 195 g/mol. The maximum Gasteiger partial charge on any atom is 0.411 e. The van der Waals surface area contributed by atoms with Crippen LogP contribution in [0.1, 0.15) is 0 Å². The molecule has 2 nitrogen and oxygen atoms in total. The van der Waals surface area contributed by atoms with Gasteiger partial charge in [-0.15, -0.1) is 0 Å². The molecule has 0 aromatic carbocycles. The van der Waals surface area contributed by atoms with Crippen LogP contribution >= 0.6 is 0 Å². The van der Waals surface area contributed by atoms with Crippen molar-refractivity contribution in [1.82, 2.24) is 0 Å². The third kappa shape index (κ3) is 1.62. The van der Waals surface area contributed by atoms with E-state index in [0.717, 1.165) is 0 Å². The minimum absolute atomic E-state index is 0.0395. The van der Waals surface area contributed by atoms with E-state index in [1.165, 1.54) is 0 Å². The van der Waals surface area contributed by atoms with E-state index in [1.807, 2.05) is 0 Å². The van der Waals surface area contributed by atoms with Gasteiger partial charge in [-0.05, 0) is 5.92 Å². The largest absolute Gasteiger partial charge is 0.411 e. The normalized spacial score (nSPS) is 39.3. The van der Waals surface area contributed by atoms with Crippen molar-refractivity contribution in [2.45, 2.75) is 12.3 Å².